The Morgan fingerprint density at radius 2 is 1.80 bits per heavy atom. The third kappa shape index (κ3) is 5.07. The molecular weight excluding hydrogens is 378 g/mol. The van der Waals surface area contributed by atoms with Gasteiger partial charge in [-0.2, -0.15) is 0 Å². The van der Waals surface area contributed by atoms with Gasteiger partial charge in [0.2, 0.25) is 5.91 Å². The van der Waals surface area contributed by atoms with E-state index in [9.17, 15) is 9.59 Å². The molecule has 1 saturated carbocycles. The first-order chi connectivity index (χ1) is 14.6. The molecule has 1 aliphatic carbocycles. The number of anilines is 1. The summed E-state index contributed by atoms with van der Waals surface area (Å²) in [7, 11) is 1.75. The highest BCUT2D eigenvalue weighted by Crippen LogP contribution is 2.33. The van der Waals surface area contributed by atoms with Crippen LogP contribution < -0.4 is 10.2 Å². The van der Waals surface area contributed by atoms with Crippen LogP contribution in [0.5, 0.6) is 0 Å². The second-order valence-corrected chi connectivity index (χ2v) is 8.08. The van der Waals surface area contributed by atoms with Crippen LogP contribution in [0, 0.1) is 5.92 Å². The van der Waals surface area contributed by atoms with Gasteiger partial charge in [-0.3, -0.25) is 14.5 Å². The summed E-state index contributed by atoms with van der Waals surface area (Å²) in [6.07, 6.45) is 1.89. The second-order valence-electron chi connectivity index (χ2n) is 8.08. The largest absolute Gasteiger partial charge is 0.379 e. The van der Waals surface area contributed by atoms with Crippen LogP contribution >= 0.6 is 0 Å². The van der Waals surface area contributed by atoms with E-state index in [0.717, 1.165) is 51.3 Å². The van der Waals surface area contributed by atoms with Crippen LogP contribution in [0.1, 0.15) is 34.3 Å². The van der Waals surface area contributed by atoms with Gasteiger partial charge in [-0.05, 0) is 36.1 Å². The van der Waals surface area contributed by atoms with E-state index in [-0.39, 0.29) is 17.7 Å². The number of hydrogen-bond donors (Lipinski definition) is 1. The molecule has 4 rings (SSSR count). The highest BCUT2D eigenvalue weighted by atomic mass is 16.5. The fraction of sp³-hybridized carbons (Fsp3) is 0.417. The quantitative estimate of drug-likeness (QED) is 0.767. The van der Waals surface area contributed by atoms with Crippen LogP contribution in [-0.2, 0) is 22.6 Å². The summed E-state index contributed by atoms with van der Waals surface area (Å²) in [5.74, 6) is 0.0333. The van der Waals surface area contributed by atoms with Crippen LogP contribution in [0.25, 0.3) is 0 Å². The number of nitrogens with zero attached hydrogens (tertiary/aromatic N) is 2. The lowest BCUT2D eigenvalue weighted by atomic mass is 10.1. The molecule has 6 heteroatoms. The lowest BCUT2D eigenvalue weighted by Crippen LogP contribution is -2.35. The van der Waals surface area contributed by atoms with E-state index in [1.165, 1.54) is 5.56 Å². The fourth-order valence-electron chi connectivity index (χ4n) is 3.81. The van der Waals surface area contributed by atoms with Gasteiger partial charge < -0.3 is 15.0 Å². The molecule has 2 fully saturated rings. The number of hydrogen-bond acceptors (Lipinski definition) is 4. The molecule has 0 atom stereocenters. The Labute approximate surface area is 177 Å². The Kier molecular flexibility index (Phi) is 6.45. The van der Waals surface area contributed by atoms with Crippen molar-refractivity contribution in [2.75, 3.05) is 38.3 Å². The lowest BCUT2D eigenvalue weighted by molar-refractivity contribution is -0.119. The minimum absolute atomic E-state index is 0.0889. The Hall–Kier alpha value is -2.70. The van der Waals surface area contributed by atoms with Gasteiger partial charge in [-0.1, -0.05) is 36.4 Å². The molecular formula is C24H29N3O3. The zero-order valence-corrected chi connectivity index (χ0v) is 17.5. The zero-order valence-electron chi connectivity index (χ0n) is 17.5. The average Bonchev–Trinajstić information content (AvgIpc) is 3.63. The van der Waals surface area contributed by atoms with Crippen molar-refractivity contribution in [2.45, 2.75) is 25.9 Å². The van der Waals surface area contributed by atoms with E-state index >= 15 is 0 Å². The van der Waals surface area contributed by atoms with Crippen molar-refractivity contribution in [1.82, 2.24) is 10.2 Å². The van der Waals surface area contributed by atoms with Crippen molar-refractivity contribution < 1.29 is 14.3 Å². The Morgan fingerprint density at radius 3 is 2.57 bits per heavy atom. The summed E-state index contributed by atoms with van der Waals surface area (Å²) >= 11 is 0. The van der Waals surface area contributed by atoms with Gasteiger partial charge in [0, 0.05) is 39.1 Å². The number of carbonyl (C=O) groups is 2. The summed E-state index contributed by atoms with van der Waals surface area (Å²) in [5, 5.41) is 3.01. The van der Waals surface area contributed by atoms with Crippen molar-refractivity contribution in [3.05, 3.63) is 65.2 Å². The monoisotopic (exact) mass is 407 g/mol. The molecule has 1 saturated heterocycles. The summed E-state index contributed by atoms with van der Waals surface area (Å²) in [4.78, 5) is 29.3. The van der Waals surface area contributed by atoms with Crippen LogP contribution in [-0.4, -0.2) is 50.1 Å². The van der Waals surface area contributed by atoms with Crippen molar-refractivity contribution in [2.24, 2.45) is 5.92 Å². The van der Waals surface area contributed by atoms with Crippen molar-refractivity contribution >= 4 is 17.5 Å². The van der Waals surface area contributed by atoms with Crippen molar-refractivity contribution in [1.29, 1.82) is 0 Å². The number of ether oxygens (including phenoxy) is 1. The molecule has 2 aliphatic rings. The minimum Gasteiger partial charge on any atom is -0.379 e. The predicted octanol–water partition coefficient (Wildman–Crippen LogP) is 2.82. The molecule has 1 heterocycles. The maximum absolute atomic E-state index is 12.9. The first kappa shape index (κ1) is 20.6. The molecule has 0 bridgehead atoms. The average molecular weight is 408 g/mol. The standard InChI is InChI=1S/C24H29N3O3/c1-26(24(29)20-9-10-20)22-8-3-2-7-21(22)23(28)25-16-18-5-4-6-19(15-18)17-27-11-13-30-14-12-27/h2-8,15,20H,9-14,16-17H2,1H3,(H,25,28). The molecule has 158 valence electrons. The maximum atomic E-state index is 12.9. The molecule has 0 aromatic heterocycles. The predicted molar refractivity (Wildman–Crippen MR) is 116 cm³/mol. The summed E-state index contributed by atoms with van der Waals surface area (Å²) in [5.41, 5.74) is 3.49. The Bertz CT molecular complexity index is 904. The van der Waals surface area contributed by atoms with Gasteiger partial charge in [-0.25, -0.2) is 0 Å². The Morgan fingerprint density at radius 1 is 1.07 bits per heavy atom. The summed E-state index contributed by atoms with van der Waals surface area (Å²) in [6.45, 7) is 4.81. The zero-order chi connectivity index (χ0) is 20.9. The van der Waals surface area contributed by atoms with E-state index < -0.39 is 0 Å². The van der Waals surface area contributed by atoms with Gasteiger partial charge in [-0.15, -0.1) is 0 Å². The topological polar surface area (TPSA) is 61.9 Å². The van der Waals surface area contributed by atoms with E-state index in [2.05, 4.69) is 22.3 Å². The smallest absolute Gasteiger partial charge is 0.253 e. The molecule has 6 nitrogen and oxygen atoms in total. The molecule has 2 amide bonds. The Balaban J connectivity index is 1.39. The molecule has 1 aliphatic heterocycles. The summed E-state index contributed by atoms with van der Waals surface area (Å²) in [6, 6.07) is 15.6. The number of amides is 2. The molecule has 0 spiro atoms. The van der Waals surface area contributed by atoms with Crippen molar-refractivity contribution in [3.63, 3.8) is 0 Å². The minimum atomic E-state index is -0.167. The number of nitrogens with one attached hydrogen (secondary N) is 1. The SMILES string of the molecule is CN(C(=O)C1CC1)c1ccccc1C(=O)NCc1cccc(CN2CCOCC2)c1. The normalized spacial score (nSPS) is 16.8. The highest BCUT2D eigenvalue weighted by molar-refractivity contribution is 6.05. The van der Waals surface area contributed by atoms with Gasteiger partial charge >= 0.3 is 0 Å². The molecule has 2 aromatic rings. The first-order valence-corrected chi connectivity index (χ1v) is 10.6. The van der Waals surface area contributed by atoms with E-state index in [1.54, 1.807) is 18.0 Å². The van der Waals surface area contributed by atoms with Crippen LogP contribution in [0.15, 0.2) is 48.5 Å². The van der Waals surface area contributed by atoms with Gasteiger partial charge in [0.05, 0.1) is 24.5 Å². The van der Waals surface area contributed by atoms with Gasteiger partial charge in [0.25, 0.3) is 5.91 Å². The molecule has 30 heavy (non-hydrogen) atoms. The second kappa shape index (κ2) is 9.41. The summed E-state index contributed by atoms with van der Waals surface area (Å²) < 4.78 is 5.41. The van der Waals surface area contributed by atoms with E-state index in [1.807, 2.05) is 30.3 Å². The third-order valence-corrected chi connectivity index (χ3v) is 5.72. The molecule has 0 radical (unpaired) electrons. The maximum Gasteiger partial charge on any atom is 0.253 e. The number of benzene rings is 2. The van der Waals surface area contributed by atoms with Crippen LogP contribution in [0.3, 0.4) is 0 Å². The van der Waals surface area contributed by atoms with Gasteiger partial charge in [0.1, 0.15) is 0 Å². The van der Waals surface area contributed by atoms with Crippen molar-refractivity contribution in [3.8, 4) is 0 Å². The highest BCUT2D eigenvalue weighted by Gasteiger charge is 2.33. The number of morpholine rings is 1. The number of carbonyl (C=O) groups excluding carboxylic acids is 2. The van der Waals surface area contributed by atoms with Gasteiger partial charge in [0.15, 0.2) is 0 Å². The lowest BCUT2D eigenvalue weighted by Gasteiger charge is -2.26. The third-order valence-electron chi connectivity index (χ3n) is 5.72. The van der Waals surface area contributed by atoms with E-state index in [4.69, 9.17) is 4.74 Å². The molecule has 1 N–H and O–H groups in total. The number of para-hydroxylation sites is 1. The molecule has 2 aromatic carbocycles. The van der Waals surface area contributed by atoms with E-state index in [0.29, 0.717) is 17.8 Å². The fourth-order valence-corrected chi connectivity index (χ4v) is 3.81. The van der Waals surface area contributed by atoms with Crippen LogP contribution in [0.2, 0.25) is 0 Å². The molecule has 0 unspecified atom stereocenters. The first-order valence-electron chi connectivity index (χ1n) is 10.6. The number of rotatable bonds is 7. The van der Waals surface area contributed by atoms with Crippen LogP contribution in [0.4, 0.5) is 5.69 Å².